The van der Waals surface area contributed by atoms with E-state index in [1.807, 2.05) is 120 Å². The van der Waals surface area contributed by atoms with Crippen LogP contribution in [0.2, 0.25) is 5.02 Å². The molecule has 6 rings (SSSR count). The zero-order valence-corrected chi connectivity index (χ0v) is 36.5. The summed E-state index contributed by atoms with van der Waals surface area (Å²) < 4.78 is 0. The van der Waals surface area contributed by atoms with Crippen LogP contribution in [0, 0.1) is 0 Å². The first-order chi connectivity index (χ1) is 28.4. The number of aromatic nitrogens is 4. The first kappa shape index (κ1) is 46.2. The van der Waals surface area contributed by atoms with Crippen molar-refractivity contribution in [2.45, 2.75) is 27.7 Å². The maximum Gasteiger partial charge on any atom is 0.253 e. The molecule has 12 nitrogen and oxygen atoms in total. The van der Waals surface area contributed by atoms with Crippen molar-refractivity contribution in [1.29, 1.82) is 0 Å². The molecule has 0 aliphatic carbocycles. The Morgan fingerprint density at radius 1 is 0.627 bits per heavy atom. The second-order valence-electron chi connectivity index (χ2n) is 14.3. The number of halogens is 1. The predicted molar refractivity (Wildman–Crippen MR) is 244 cm³/mol. The van der Waals surface area contributed by atoms with E-state index < -0.39 is 0 Å². The molecule has 6 aromatic rings. The summed E-state index contributed by atoms with van der Waals surface area (Å²) in [5, 5.41) is 5.96. The molecule has 3 N–H and O–H groups in total. The van der Waals surface area contributed by atoms with Crippen LogP contribution in [0.25, 0.3) is 44.3 Å². The Labute approximate surface area is 354 Å². The lowest BCUT2D eigenvalue weighted by atomic mass is 10.1. The first-order valence-electron chi connectivity index (χ1n) is 20.1. The quantitative estimate of drug-likeness (QED) is 0.113. The summed E-state index contributed by atoms with van der Waals surface area (Å²) in [4.78, 5) is 50.5. The van der Waals surface area contributed by atoms with E-state index in [2.05, 4.69) is 50.2 Å². The third kappa shape index (κ3) is 13.0. The molecule has 4 heterocycles. The van der Waals surface area contributed by atoms with E-state index in [0.29, 0.717) is 42.3 Å². The van der Waals surface area contributed by atoms with E-state index in [1.165, 1.54) is 0 Å². The highest BCUT2D eigenvalue weighted by Gasteiger charge is 2.15. The Kier molecular flexibility index (Phi) is 18.1. The van der Waals surface area contributed by atoms with Gasteiger partial charge in [-0.2, -0.15) is 0 Å². The molecule has 0 aliphatic heterocycles. The number of nitrogens with two attached hydrogens (primary N) is 1. The molecule has 2 amide bonds. The molecular formula is C46H59ClN10O2. The zero-order valence-electron chi connectivity index (χ0n) is 35.7. The lowest BCUT2D eigenvalue weighted by molar-refractivity contribution is 0.0765. The van der Waals surface area contributed by atoms with Crippen LogP contribution in [0.5, 0.6) is 0 Å². The molecule has 0 aliphatic rings. The van der Waals surface area contributed by atoms with Crippen molar-refractivity contribution in [1.82, 2.24) is 39.5 Å². The van der Waals surface area contributed by atoms with Gasteiger partial charge in [0.2, 0.25) is 0 Å². The number of nitrogens with zero attached hydrogens (tertiary/aromatic N) is 8. The minimum Gasteiger partial charge on any atom is -0.383 e. The molecule has 312 valence electrons. The summed E-state index contributed by atoms with van der Waals surface area (Å²) in [7, 11) is 8.13. The van der Waals surface area contributed by atoms with Gasteiger partial charge < -0.3 is 30.7 Å². The fourth-order valence-electron chi connectivity index (χ4n) is 6.17. The van der Waals surface area contributed by atoms with Crippen molar-refractivity contribution in [2.75, 3.05) is 85.9 Å². The number of carbonyl (C=O) groups is 2. The number of amides is 2. The number of carbonyl (C=O) groups excluding carboxylic acids is 2. The minimum atomic E-state index is 0.0436. The molecule has 0 fully saturated rings. The van der Waals surface area contributed by atoms with Gasteiger partial charge in [-0.25, -0.2) is 9.97 Å². The molecular weight excluding hydrogens is 760 g/mol. The third-order valence-electron chi connectivity index (χ3n) is 9.58. The second-order valence-corrected chi connectivity index (χ2v) is 14.7. The van der Waals surface area contributed by atoms with E-state index in [4.69, 9.17) is 22.3 Å². The summed E-state index contributed by atoms with van der Waals surface area (Å²) in [6.45, 7) is 14.3. The number of benzene rings is 2. The number of nitrogens with one attached hydrogen (secondary N) is 1. The van der Waals surface area contributed by atoms with Crippen LogP contribution in [0.3, 0.4) is 0 Å². The number of likely N-dealkylation sites (N-methyl/N-ethyl adjacent to an activating group) is 2. The summed E-state index contributed by atoms with van der Waals surface area (Å²) in [6.07, 6.45) is 7.01. The maximum absolute atomic E-state index is 12.5. The van der Waals surface area contributed by atoms with Gasteiger partial charge in [0, 0.05) is 116 Å². The molecule has 0 saturated heterocycles. The average molecular weight is 819 g/mol. The predicted octanol–water partition coefficient (Wildman–Crippen LogP) is 7.69. The normalized spacial score (nSPS) is 10.8. The molecule has 0 bridgehead atoms. The van der Waals surface area contributed by atoms with Crippen LogP contribution in [0.15, 0.2) is 97.6 Å². The van der Waals surface area contributed by atoms with Gasteiger partial charge in [0.05, 0.1) is 27.4 Å². The highest BCUT2D eigenvalue weighted by molar-refractivity contribution is 6.35. The maximum atomic E-state index is 12.5. The van der Waals surface area contributed by atoms with Gasteiger partial charge in [-0.05, 0) is 104 Å². The number of rotatable bonds is 14. The fourth-order valence-corrected chi connectivity index (χ4v) is 6.41. The number of anilines is 1. The summed E-state index contributed by atoms with van der Waals surface area (Å²) in [5.74, 6) is 0.104. The smallest absolute Gasteiger partial charge is 0.253 e. The molecule has 13 heteroatoms. The second kappa shape index (κ2) is 23.2. The first-order valence-corrected chi connectivity index (χ1v) is 20.5. The summed E-state index contributed by atoms with van der Waals surface area (Å²) in [6, 6.07) is 22.8. The van der Waals surface area contributed by atoms with E-state index in [9.17, 15) is 9.59 Å². The largest absolute Gasteiger partial charge is 0.383 e. The van der Waals surface area contributed by atoms with Gasteiger partial charge in [-0.3, -0.25) is 19.6 Å². The topological polar surface area (TPSA) is 137 Å². The van der Waals surface area contributed by atoms with Crippen LogP contribution in [0.1, 0.15) is 48.4 Å². The van der Waals surface area contributed by atoms with E-state index >= 15 is 0 Å². The average Bonchev–Trinajstić information content (AvgIpc) is 3.24. The molecule has 0 spiro atoms. The lowest BCUT2D eigenvalue weighted by Crippen LogP contribution is -2.30. The van der Waals surface area contributed by atoms with Crippen LogP contribution < -0.4 is 11.1 Å². The molecule has 0 unspecified atom stereocenters. The highest BCUT2D eigenvalue weighted by Crippen LogP contribution is 2.29. The Bertz CT molecular complexity index is 2240. The highest BCUT2D eigenvalue weighted by atomic mass is 35.5. The number of pyridine rings is 4. The Morgan fingerprint density at radius 2 is 1.07 bits per heavy atom. The van der Waals surface area contributed by atoms with Crippen molar-refractivity contribution in [2.24, 2.45) is 5.73 Å². The molecule has 0 radical (unpaired) electrons. The van der Waals surface area contributed by atoms with Gasteiger partial charge in [-0.15, -0.1) is 0 Å². The van der Waals surface area contributed by atoms with Crippen LogP contribution in [-0.2, 0) is 0 Å². The molecule has 4 aromatic heterocycles. The molecule has 0 atom stereocenters. The minimum absolute atomic E-state index is 0.0436. The van der Waals surface area contributed by atoms with E-state index in [0.717, 1.165) is 76.2 Å². The van der Waals surface area contributed by atoms with Gasteiger partial charge in [0.1, 0.15) is 0 Å². The number of hydrogen-bond acceptors (Lipinski definition) is 10. The van der Waals surface area contributed by atoms with Gasteiger partial charge in [0.25, 0.3) is 11.8 Å². The van der Waals surface area contributed by atoms with Crippen LogP contribution in [0.4, 0.5) is 5.69 Å². The van der Waals surface area contributed by atoms with Gasteiger partial charge >= 0.3 is 0 Å². The Morgan fingerprint density at radius 3 is 1.49 bits per heavy atom. The summed E-state index contributed by atoms with van der Waals surface area (Å²) in [5.41, 5.74) is 12.8. The van der Waals surface area contributed by atoms with Gasteiger partial charge in [-0.1, -0.05) is 35.9 Å². The van der Waals surface area contributed by atoms with Crippen LogP contribution in [-0.4, -0.2) is 132 Å². The van der Waals surface area contributed by atoms with Gasteiger partial charge in [0.15, 0.2) is 0 Å². The molecule has 2 aromatic carbocycles. The fraction of sp³-hybridized carbons (Fsp3) is 0.348. The monoisotopic (exact) mass is 818 g/mol. The van der Waals surface area contributed by atoms with Crippen molar-refractivity contribution in [3.8, 4) is 22.5 Å². The van der Waals surface area contributed by atoms with Crippen molar-refractivity contribution in [3.05, 3.63) is 114 Å². The Balaban J connectivity index is 0.000000232. The van der Waals surface area contributed by atoms with Crippen molar-refractivity contribution in [3.63, 3.8) is 0 Å². The third-order valence-corrected chi connectivity index (χ3v) is 9.89. The lowest BCUT2D eigenvalue weighted by Gasteiger charge is -2.18. The Hall–Kier alpha value is -5.53. The van der Waals surface area contributed by atoms with E-state index in [1.54, 1.807) is 23.5 Å². The van der Waals surface area contributed by atoms with Crippen LogP contribution >= 0.6 is 11.6 Å². The SMILES string of the molecule is CCN(CC)C(=O)c1ccc(-c2cc(Cl)c3cnccc3n2)cc1.CCN(CC)C(=O)c1ccc(-c2cc(NCCN(C)C)c3cnccc3n2)cc1.CN(C)CCN. The number of hydrogen-bond donors (Lipinski definition) is 2. The molecule has 59 heavy (non-hydrogen) atoms. The zero-order chi connectivity index (χ0) is 42.9. The molecule has 0 saturated carbocycles. The standard InChI is InChI=1S/C23H29N5O.C19H18ClN3O.C4H12N2/c1-5-28(6-2)23(29)18-9-7-17(8-10-18)21-15-22(25-13-14-27(3)4)19-16-24-12-11-20(19)26-21;1-3-23(4-2)19(24)14-7-5-13(6-8-14)18-11-16(20)15-12-21-10-9-17(15)22-18;1-6(2)4-3-5/h7-12,15-16H,5-6,13-14H2,1-4H3,(H,25,26);5-12H,3-4H2,1-2H3;3-5H2,1-2H3. The van der Waals surface area contributed by atoms with Crippen molar-refractivity contribution < 1.29 is 9.59 Å². The summed E-state index contributed by atoms with van der Waals surface area (Å²) >= 11 is 6.33. The van der Waals surface area contributed by atoms with Crippen molar-refractivity contribution >= 4 is 50.9 Å². The van der Waals surface area contributed by atoms with E-state index in [-0.39, 0.29) is 11.8 Å². The number of fused-ring (bicyclic) bond motifs is 2.